The zero-order chi connectivity index (χ0) is 11.7. The van der Waals surface area contributed by atoms with Gasteiger partial charge in [-0.3, -0.25) is 9.59 Å². The highest BCUT2D eigenvalue weighted by atomic mass is 35.5. The molecule has 1 saturated carbocycles. The maximum absolute atomic E-state index is 11.9. The zero-order valence-corrected chi connectivity index (χ0v) is 10.8. The van der Waals surface area contributed by atoms with Crippen molar-refractivity contribution in [3.8, 4) is 0 Å². The molecule has 0 spiro atoms. The van der Waals surface area contributed by atoms with E-state index < -0.39 is 0 Å². The number of rotatable bonds is 2. The van der Waals surface area contributed by atoms with Crippen LogP contribution in [0.2, 0.25) is 0 Å². The molecule has 2 rings (SSSR count). The summed E-state index contributed by atoms with van der Waals surface area (Å²) in [6, 6.07) is 0.158. The summed E-state index contributed by atoms with van der Waals surface area (Å²) in [7, 11) is 1.76. The molecule has 0 radical (unpaired) electrons. The van der Waals surface area contributed by atoms with Crippen LogP contribution in [-0.4, -0.2) is 42.4 Å². The van der Waals surface area contributed by atoms with Gasteiger partial charge in [-0.1, -0.05) is 0 Å². The van der Waals surface area contributed by atoms with Gasteiger partial charge < -0.3 is 16.0 Å². The monoisotopic (exact) mass is 261 g/mol. The van der Waals surface area contributed by atoms with E-state index in [1.165, 1.54) is 0 Å². The van der Waals surface area contributed by atoms with Crippen molar-refractivity contribution >= 4 is 24.2 Å². The number of hydrogen-bond donors (Lipinski definition) is 2. The first-order valence-electron chi connectivity index (χ1n) is 5.86. The lowest BCUT2D eigenvalue weighted by Crippen LogP contribution is -2.39. The number of nitrogens with zero attached hydrogens (tertiary/aromatic N) is 1. The summed E-state index contributed by atoms with van der Waals surface area (Å²) in [6.45, 7) is 0.628. The third kappa shape index (κ3) is 3.33. The van der Waals surface area contributed by atoms with Gasteiger partial charge in [-0.2, -0.15) is 0 Å². The van der Waals surface area contributed by atoms with Crippen LogP contribution in [0.1, 0.15) is 25.7 Å². The average molecular weight is 262 g/mol. The van der Waals surface area contributed by atoms with E-state index in [9.17, 15) is 9.59 Å². The Balaban J connectivity index is 0.00000144. The number of nitrogens with two attached hydrogens (primary N) is 1. The molecule has 3 N–H and O–H groups in total. The normalized spacial score (nSPS) is 32.5. The van der Waals surface area contributed by atoms with E-state index >= 15 is 0 Å². The lowest BCUT2D eigenvalue weighted by atomic mass is 10.1. The van der Waals surface area contributed by atoms with Gasteiger partial charge in [0.1, 0.15) is 0 Å². The number of amides is 2. The zero-order valence-electron chi connectivity index (χ0n) is 10.0. The van der Waals surface area contributed by atoms with Gasteiger partial charge in [0, 0.05) is 32.0 Å². The maximum atomic E-state index is 11.9. The molecule has 2 amide bonds. The van der Waals surface area contributed by atoms with Crippen LogP contribution in [0.5, 0.6) is 0 Å². The minimum absolute atomic E-state index is 0. The summed E-state index contributed by atoms with van der Waals surface area (Å²) in [4.78, 5) is 24.8. The van der Waals surface area contributed by atoms with Gasteiger partial charge in [0.25, 0.3) is 0 Å². The molecule has 1 aliphatic heterocycles. The van der Waals surface area contributed by atoms with Crippen LogP contribution < -0.4 is 11.1 Å². The number of hydrogen-bond acceptors (Lipinski definition) is 3. The number of carbonyl (C=O) groups is 2. The third-order valence-electron chi connectivity index (χ3n) is 3.53. The first kappa shape index (κ1) is 14.3. The molecular weight excluding hydrogens is 242 g/mol. The summed E-state index contributed by atoms with van der Waals surface area (Å²) >= 11 is 0. The van der Waals surface area contributed by atoms with Crippen molar-refractivity contribution in [3.63, 3.8) is 0 Å². The van der Waals surface area contributed by atoms with E-state index in [-0.39, 0.29) is 42.2 Å². The van der Waals surface area contributed by atoms with Crippen LogP contribution in [0.4, 0.5) is 0 Å². The van der Waals surface area contributed by atoms with E-state index in [2.05, 4.69) is 5.32 Å². The number of halogens is 1. The van der Waals surface area contributed by atoms with Crippen molar-refractivity contribution in [2.75, 3.05) is 13.6 Å². The van der Waals surface area contributed by atoms with E-state index in [0.29, 0.717) is 13.0 Å². The fourth-order valence-electron chi connectivity index (χ4n) is 2.53. The SMILES string of the molecule is CN1CC(NC(=O)C2CCC(N)C2)CC1=O.Cl. The van der Waals surface area contributed by atoms with Crippen molar-refractivity contribution in [3.05, 3.63) is 0 Å². The molecule has 1 saturated heterocycles. The van der Waals surface area contributed by atoms with Crippen LogP contribution >= 0.6 is 12.4 Å². The highest BCUT2D eigenvalue weighted by Crippen LogP contribution is 2.24. The number of carbonyl (C=O) groups excluding carboxylic acids is 2. The minimum Gasteiger partial charge on any atom is -0.351 e. The van der Waals surface area contributed by atoms with Crippen LogP contribution in [-0.2, 0) is 9.59 Å². The Kier molecular flexibility index (Phi) is 4.77. The Morgan fingerprint density at radius 1 is 1.47 bits per heavy atom. The minimum atomic E-state index is -0.0122. The molecule has 0 aromatic carbocycles. The number of nitrogens with one attached hydrogen (secondary N) is 1. The first-order chi connectivity index (χ1) is 7.56. The predicted octanol–water partition coefficient (Wildman–Crippen LogP) is -0.117. The molecule has 0 bridgehead atoms. The molecule has 98 valence electrons. The number of likely N-dealkylation sites (N-methyl/N-ethyl adjacent to an activating group) is 1. The van der Waals surface area contributed by atoms with Gasteiger partial charge in [0.15, 0.2) is 0 Å². The molecule has 3 unspecified atom stereocenters. The second-order valence-electron chi connectivity index (χ2n) is 4.95. The largest absolute Gasteiger partial charge is 0.351 e. The molecule has 2 fully saturated rings. The lowest BCUT2D eigenvalue weighted by Gasteiger charge is -2.15. The summed E-state index contributed by atoms with van der Waals surface area (Å²) in [5.41, 5.74) is 5.77. The molecule has 0 aromatic heterocycles. The Morgan fingerprint density at radius 3 is 2.65 bits per heavy atom. The summed E-state index contributed by atoms with van der Waals surface area (Å²) in [5.74, 6) is 0.227. The van der Waals surface area contributed by atoms with Crippen molar-refractivity contribution in [2.45, 2.75) is 37.8 Å². The standard InChI is InChI=1S/C11H19N3O2.ClH/c1-14-6-9(5-10(14)15)13-11(16)7-2-3-8(12)4-7;/h7-9H,2-6,12H2,1H3,(H,13,16);1H. The summed E-state index contributed by atoms with van der Waals surface area (Å²) in [6.07, 6.45) is 3.02. The molecule has 1 aliphatic carbocycles. The van der Waals surface area contributed by atoms with Gasteiger partial charge in [0.05, 0.1) is 6.04 Å². The first-order valence-corrected chi connectivity index (χ1v) is 5.86. The second kappa shape index (κ2) is 5.69. The Bertz CT molecular complexity index is 311. The molecule has 3 atom stereocenters. The molecule has 17 heavy (non-hydrogen) atoms. The van der Waals surface area contributed by atoms with Crippen LogP contribution in [0.25, 0.3) is 0 Å². The van der Waals surface area contributed by atoms with Gasteiger partial charge in [-0.25, -0.2) is 0 Å². The topological polar surface area (TPSA) is 75.4 Å². The highest BCUT2D eigenvalue weighted by molar-refractivity contribution is 5.85. The number of likely N-dealkylation sites (tertiary alicyclic amines) is 1. The Labute approximate surface area is 108 Å². The van der Waals surface area contributed by atoms with E-state index in [0.717, 1.165) is 19.3 Å². The average Bonchev–Trinajstić information content (AvgIpc) is 2.75. The summed E-state index contributed by atoms with van der Waals surface area (Å²) < 4.78 is 0. The second-order valence-corrected chi connectivity index (χ2v) is 4.95. The molecule has 1 heterocycles. The van der Waals surface area contributed by atoms with Crippen LogP contribution in [0.15, 0.2) is 0 Å². The third-order valence-corrected chi connectivity index (χ3v) is 3.53. The van der Waals surface area contributed by atoms with Crippen molar-refractivity contribution in [1.82, 2.24) is 10.2 Å². The molecule has 5 nitrogen and oxygen atoms in total. The predicted molar refractivity (Wildman–Crippen MR) is 66.7 cm³/mol. The Morgan fingerprint density at radius 2 is 2.18 bits per heavy atom. The van der Waals surface area contributed by atoms with Crippen molar-refractivity contribution in [2.24, 2.45) is 11.7 Å². The van der Waals surface area contributed by atoms with Gasteiger partial charge in [-0.15, -0.1) is 12.4 Å². The highest BCUT2D eigenvalue weighted by Gasteiger charge is 2.32. The smallest absolute Gasteiger partial charge is 0.224 e. The van der Waals surface area contributed by atoms with Crippen LogP contribution in [0.3, 0.4) is 0 Å². The van der Waals surface area contributed by atoms with Crippen LogP contribution in [0, 0.1) is 5.92 Å². The van der Waals surface area contributed by atoms with E-state index in [1.807, 2.05) is 0 Å². The fraction of sp³-hybridized carbons (Fsp3) is 0.818. The molecular formula is C11H20ClN3O2. The van der Waals surface area contributed by atoms with E-state index in [4.69, 9.17) is 5.73 Å². The lowest BCUT2D eigenvalue weighted by molar-refractivity contribution is -0.126. The maximum Gasteiger partial charge on any atom is 0.224 e. The van der Waals surface area contributed by atoms with E-state index in [1.54, 1.807) is 11.9 Å². The quantitative estimate of drug-likeness (QED) is 0.728. The molecule has 6 heteroatoms. The van der Waals surface area contributed by atoms with Gasteiger partial charge >= 0.3 is 0 Å². The fourth-order valence-corrected chi connectivity index (χ4v) is 2.53. The Hall–Kier alpha value is -0.810. The van der Waals surface area contributed by atoms with Gasteiger partial charge in [0.2, 0.25) is 11.8 Å². The summed E-state index contributed by atoms with van der Waals surface area (Å²) in [5, 5.41) is 2.95. The molecule has 0 aromatic rings. The van der Waals surface area contributed by atoms with Crippen molar-refractivity contribution < 1.29 is 9.59 Å². The van der Waals surface area contributed by atoms with Gasteiger partial charge in [-0.05, 0) is 19.3 Å². The van der Waals surface area contributed by atoms with Crippen molar-refractivity contribution in [1.29, 1.82) is 0 Å². The molecule has 2 aliphatic rings.